The van der Waals surface area contributed by atoms with Crippen LogP contribution in [0.3, 0.4) is 0 Å². The number of anilines is 1. The van der Waals surface area contributed by atoms with Gasteiger partial charge in [0.15, 0.2) is 0 Å². The van der Waals surface area contributed by atoms with Crippen molar-refractivity contribution >= 4 is 5.69 Å². The van der Waals surface area contributed by atoms with E-state index in [2.05, 4.69) is 19.2 Å². The summed E-state index contributed by atoms with van der Waals surface area (Å²) in [5.41, 5.74) is 1.64. The van der Waals surface area contributed by atoms with Crippen molar-refractivity contribution in [1.29, 1.82) is 0 Å². The van der Waals surface area contributed by atoms with Crippen molar-refractivity contribution in [3.05, 3.63) is 29.6 Å². The average molecular weight is 294 g/mol. The first kappa shape index (κ1) is 16.2. The van der Waals surface area contributed by atoms with E-state index in [0.29, 0.717) is 5.69 Å². The zero-order valence-electron chi connectivity index (χ0n) is 13.3. The number of hydrogen-bond donors (Lipinski definition) is 2. The Morgan fingerprint density at radius 2 is 2.19 bits per heavy atom. The lowest BCUT2D eigenvalue weighted by molar-refractivity contribution is 0.136. The van der Waals surface area contributed by atoms with Gasteiger partial charge < -0.3 is 15.3 Å². The van der Waals surface area contributed by atoms with Gasteiger partial charge in [0.05, 0.1) is 11.8 Å². The Morgan fingerprint density at radius 3 is 2.76 bits per heavy atom. The maximum absolute atomic E-state index is 14.4. The molecule has 0 amide bonds. The molecule has 3 atom stereocenters. The molecule has 1 aliphatic heterocycles. The van der Waals surface area contributed by atoms with E-state index in [1.165, 1.54) is 0 Å². The van der Waals surface area contributed by atoms with E-state index >= 15 is 0 Å². The largest absolute Gasteiger partial charge is 0.393 e. The Hall–Kier alpha value is -1.13. The summed E-state index contributed by atoms with van der Waals surface area (Å²) < 4.78 is 14.4. The SMILES string of the molecule is CCCNC(C)c1ccc(N2CCC(C(C)O)C2)c(F)c1. The molecule has 0 spiro atoms. The number of rotatable bonds is 6. The molecular formula is C17H27FN2O. The summed E-state index contributed by atoms with van der Waals surface area (Å²) in [6, 6.07) is 5.68. The predicted octanol–water partition coefficient (Wildman–Crippen LogP) is 3.09. The van der Waals surface area contributed by atoms with Gasteiger partial charge in [0, 0.05) is 25.0 Å². The molecule has 0 aromatic heterocycles. The van der Waals surface area contributed by atoms with Gasteiger partial charge in [0.25, 0.3) is 0 Å². The van der Waals surface area contributed by atoms with E-state index < -0.39 is 0 Å². The van der Waals surface area contributed by atoms with Crippen molar-refractivity contribution in [2.45, 2.75) is 45.8 Å². The average Bonchev–Trinajstić information content (AvgIpc) is 2.94. The summed E-state index contributed by atoms with van der Waals surface area (Å²) in [4.78, 5) is 2.04. The van der Waals surface area contributed by atoms with E-state index in [1.807, 2.05) is 24.0 Å². The van der Waals surface area contributed by atoms with Gasteiger partial charge in [-0.3, -0.25) is 0 Å². The monoisotopic (exact) mass is 294 g/mol. The Balaban J connectivity index is 2.06. The summed E-state index contributed by atoms with van der Waals surface area (Å²) in [6.45, 7) is 8.48. The van der Waals surface area contributed by atoms with Crippen molar-refractivity contribution in [3.63, 3.8) is 0 Å². The minimum Gasteiger partial charge on any atom is -0.393 e. The molecule has 0 saturated carbocycles. The number of aliphatic hydroxyl groups is 1. The number of nitrogens with zero attached hydrogens (tertiary/aromatic N) is 1. The second-order valence-corrected chi connectivity index (χ2v) is 6.12. The normalized spacial score (nSPS) is 21.6. The Morgan fingerprint density at radius 1 is 1.43 bits per heavy atom. The first-order valence-electron chi connectivity index (χ1n) is 7.98. The molecule has 1 aromatic rings. The van der Waals surface area contributed by atoms with Crippen LogP contribution in [0.4, 0.5) is 10.1 Å². The standard InChI is InChI=1S/C17H27FN2O/c1-4-8-19-12(2)14-5-6-17(16(18)10-14)20-9-7-15(11-20)13(3)21/h5-6,10,12-13,15,19,21H,4,7-9,11H2,1-3H3. The number of nitrogens with one attached hydrogen (secondary N) is 1. The van der Waals surface area contributed by atoms with Crippen molar-refractivity contribution < 1.29 is 9.50 Å². The summed E-state index contributed by atoms with van der Waals surface area (Å²) in [6.07, 6.45) is 1.67. The Bertz CT molecular complexity index is 464. The molecule has 0 radical (unpaired) electrons. The van der Waals surface area contributed by atoms with Crippen molar-refractivity contribution in [2.24, 2.45) is 5.92 Å². The summed E-state index contributed by atoms with van der Waals surface area (Å²) in [7, 11) is 0. The van der Waals surface area contributed by atoms with Crippen molar-refractivity contribution in [2.75, 3.05) is 24.5 Å². The molecule has 1 fully saturated rings. The maximum atomic E-state index is 14.4. The molecule has 1 heterocycles. The van der Waals surface area contributed by atoms with Crippen LogP contribution in [0.5, 0.6) is 0 Å². The minimum absolute atomic E-state index is 0.163. The maximum Gasteiger partial charge on any atom is 0.146 e. The highest BCUT2D eigenvalue weighted by atomic mass is 19.1. The molecule has 1 saturated heterocycles. The van der Waals surface area contributed by atoms with Crippen LogP contribution in [0.1, 0.15) is 45.2 Å². The van der Waals surface area contributed by atoms with Gasteiger partial charge in [-0.15, -0.1) is 0 Å². The van der Waals surface area contributed by atoms with Crippen LogP contribution in [0.15, 0.2) is 18.2 Å². The molecule has 0 bridgehead atoms. The highest BCUT2D eigenvalue weighted by Crippen LogP contribution is 2.29. The third-order valence-electron chi connectivity index (χ3n) is 4.42. The van der Waals surface area contributed by atoms with Gasteiger partial charge >= 0.3 is 0 Å². The van der Waals surface area contributed by atoms with Crippen LogP contribution in [0.25, 0.3) is 0 Å². The summed E-state index contributed by atoms with van der Waals surface area (Å²) in [5, 5.41) is 13.0. The number of aliphatic hydroxyl groups excluding tert-OH is 1. The Kier molecular flexibility index (Phi) is 5.59. The molecule has 3 unspecified atom stereocenters. The van der Waals surface area contributed by atoms with Gasteiger partial charge in [-0.25, -0.2) is 4.39 Å². The molecular weight excluding hydrogens is 267 g/mol. The zero-order valence-corrected chi connectivity index (χ0v) is 13.3. The smallest absolute Gasteiger partial charge is 0.146 e. The van der Waals surface area contributed by atoms with Crippen LogP contribution < -0.4 is 10.2 Å². The van der Waals surface area contributed by atoms with Crippen LogP contribution >= 0.6 is 0 Å². The summed E-state index contributed by atoms with van der Waals surface area (Å²) in [5.74, 6) is 0.0816. The molecule has 4 heteroatoms. The molecule has 2 rings (SSSR count). The predicted molar refractivity (Wildman–Crippen MR) is 85.1 cm³/mol. The van der Waals surface area contributed by atoms with E-state index in [-0.39, 0.29) is 23.9 Å². The van der Waals surface area contributed by atoms with Gasteiger partial charge in [-0.05, 0) is 50.9 Å². The first-order chi connectivity index (χ1) is 10.0. The second-order valence-electron chi connectivity index (χ2n) is 6.12. The van der Waals surface area contributed by atoms with E-state index in [9.17, 15) is 9.50 Å². The molecule has 3 nitrogen and oxygen atoms in total. The molecule has 1 aromatic carbocycles. The van der Waals surface area contributed by atoms with E-state index in [0.717, 1.165) is 38.0 Å². The number of halogens is 1. The molecule has 0 aliphatic carbocycles. The third-order valence-corrected chi connectivity index (χ3v) is 4.42. The molecule has 118 valence electrons. The second kappa shape index (κ2) is 7.23. The quantitative estimate of drug-likeness (QED) is 0.846. The fourth-order valence-electron chi connectivity index (χ4n) is 2.93. The topological polar surface area (TPSA) is 35.5 Å². The van der Waals surface area contributed by atoms with Crippen molar-refractivity contribution in [3.8, 4) is 0 Å². The molecule has 1 aliphatic rings. The number of benzene rings is 1. The van der Waals surface area contributed by atoms with E-state index in [1.54, 1.807) is 6.07 Å². The third kappa shape index (κ3) is 3.95. The highest BCUT2D eigenvalue weighted by Gasteiger charge is 2.27. The van der Waals surface area contributed by atoms with Gasteiger partial charge in [-0.1, -0.05) is 13.0 Å². The van der Waals surface area contributed by atoms with Gasteiger partial charge in [-0.2, -0.15) is 0 Å². The van der Waals surface area contributed by atoms with Crippen LogP contribution in [-0.4, -0.2) is 30.8 Å². The van der Waals surface area contributed by atoms with Crippen LogP contribution in [0, 0.1) is 11.7 Å². The fraction of sp³-hybridized carbons (Fsp3) is 0.647. The zero-order chi connectivity index (χ0) is 15.4. The summed E-state index contributed by atoms with van der Waals surface area (Å²) >= 11 is 0. The molecule has 21 heavy (non-hydrogen) atoms. The fourth-order valence-corrected chi connectivity index (χ4v) is 2.93. The van der Waals surface area contributed by atoms with Crippen LogP contribution in [0.2, 0.25) is 0 Å². The number of hydrogen-bond acceptors (Lipinski definition) is 3. The van der Waals surface area contributed by atoms with Crippen molar-refractivity contribution in [1.82, 2.24) is 5.32 Å². The van der Waals surface area contributed by atoms with Gasteiger partial charge in [0.1, 0.15) is 5.82 Å². The van der Waals surface area contributed by atoms with E-state index in [4.69, 9.17) is 0 Å². The lowest BCUT2D eigenvalue weighted by Crippen LogP contribution is -2.25. The highest BCUT2D eigenvalue weighted by molar-refractivity contribution is 5.50. The minimum atomic E-state index is -0.324. The Labute approximate surface area is 127 Å². The van der Waals surface area contributed by atoms with Crippen LogP contribution in [-0.2, 0) is 0 Å². The molecule has 2 N–H and O–H groups in total. The first-order valence-corrected chi connectivity index (χ1v) is 7.98. The lowest BCUT2D eigenvalue weighted by Gasteiger charge is -2.22. The lowest BCUT2D eigenvalue weighted by atomic mass is 10.0. The van der Waals surface area contributed by atoms with Gasteiger partial charge in [0.2, 0.25) is 0 Å².